The number of hydrogen-bond donors (Lipinski definition) is 1. The maximum atomic E-state index is 3.57. The van der Waals surface area contributed by atoms with Crippen LogP contribution in [0.15, 0.2) is 28.7 Å². The van der Waals surface area contributed by atoms with Crippen LogP contribution in [-0.2, 0) is 0 Å². The number of aryl methyl sites for hydroxylation is 1. The van der Waals surface area contributed by atoms with Gasteiger partial charge in [0, 0.05) is 11.0 Å². The molecule has 0 bridgehead atoms. The summed E-state index contributed by atoms with van der Waals surface area (Å²) in [4.78, 5) is 0. The second-order valence-electron chi connectivity index (χ2n) is 4.48. The second kappa shape index (κ2) is 6.87. The average molecular weight is 282 g/mol. The first-order valence-electron chi connectivity index (χ1n) is 5.73. The van der Waals surface area contributed by atoms with Crippen LogP contribution in [0.2, 0.25) is 0 Å². The van der Waals surface area contributed by atoms with E-state index in [0.29, 0.717) is 5.92 Å². The van der Waals surface area contributed by atoms with Crippen molar-refractivity contribution in [2.24, 2.45) is 5.92 Å². The molecule has 0 aromatic heterocycles. The molecule has 1 aromatic carbocycles. The molecule has 0 fully saturated rings. The minimum atomic E-state index is 0.708. The van der Waals surface area contributed by atoms with Crippen LogP contribution in [0.25, 0.3) is 6.08 Å². The monoisotopic (exact) mass is 281 g/mol. The molecule has 0 aliphatic rings. The molecular formula is C14H20BrN. The molecule has 0 saturated heterocycles. The summed E-state index contributed by atoms with van der Waals surface area (Å²) in [5.74, 6) is 0.708. The van der Waals surface area contributed by atoms with Gasteiger partial charge in [-0.3, -0.25) is 0 Å². The van der Waals surface area contributed by atoms with Crippen LogP contribution in [0.5, 0.6) is 0 Å². The van der Waals surface area contributed by atoms with Gasteiger partial charge in [-0.15, -0.1) is 0 Å². The minimum absolute atomic E-state index is 0.708. The first-order chi connectivity index (χ1) is 7.59. The predicted octanol–water partition coefficient (Wildman–Crippen LogP) is 4.02. The standard InChI is InChI=1S/C14H20BrN/c1-11(2)10-16-8-4-5-13-7-6-12(3)9-14(13)15/h4-7,9,11,16H,8,10H2,1-3H3/b5-4+. The molecule has 88 valence electrons. The molecular weight excluding hydrogens is 262 g/mol. The summed E-state index contributed by atoms with van der Waals surface area (Å²) >= 11 is 3.57. The molecule has 1 aromatic rings. The summed E-state index contributed by atoms with van der Waals surface area (Å²) in [7, 11) is 0. The van der Waals surface area contributed by atoms with Crippen LogP contribution in [0, 0.1) is 12.8 Å². The van der Waals surface area contributed by atoms with E-state index >= 15 is 0 Å². The highest BCUT2D eigenvalue weighted by atomic mass is 79.9. The van der Waals surface area contributed by atoms with Crippen molar-refractivity contribution in [3.8, 4) is 0 Å². The largest absolute Gasteiger partial charge is 0.313 e. The number of halogens is 1. The third-order valence-corrected chi connectivity index (χ3v) is 2.95. The van der Waals surface area contributed by atoms with E-state index in [1.54, 1.807) is 0 Å². The highest BCUT2D eigenvalue weighted by Gasteiger charge is 1.95. The van der Waals surface area contributed by atoms with E-state index < -0.39 is 0 Å². The van der Waals surface area contributed by atoms with E-state index in [-0.39, 0.29) is 0 Å². The first kappa shape index (κ1) is 13.5. The molecule has 16 heavy (non-hydrogen) atoms. The summed E-state index contributed by atoms with van der Waals surface area (Å²) in [5.41, 5.74) is 2.51. The van der Waals surface area contributed by atoms with E-state index in [1.807, 2.05) is 0 Å². The Morgan fingerprint density at radius 2 is 2.12 bits per heavy atom. The van der Waals surface area contributed by atoms with Gasteiger partial charge in [0.05, 0.1) is 0 Å². The van der Waals surface area contributed by atoms with Gasteiger partial charge in [0.2, 0.25) is 0 Å². The summed E-state index contributed by atoms with van der Waals surface area (Å²) in [6, 6.07) is 6.41. The number of nitrogens with one attached hydrogen (secondary N) is 1. The van der Waals surface area contributed by atoms with Crippen LogP contribution in [0.4, 0.5) is 0 Å². The predicted molar refractivity (Wildman–Crippen MR) is 75.6 cm³/mol. The third kappa shape index (κ3) is 4.95. The summed E-state index contributed by atoms with van der Waals surface area (Å²) in [6.45, 7) is 8.53. The lowest BCUT2D eigenvalue weighted by Crippen LogP contribution is -2.19. The molecule has 0 aliphatic carbocycles. The quantitative estimate of drug-likeness (QED) is 0.804. The van der Waals surface area contributed by atoms with E-state index in [4.69, 9.17) is 0 Å². The lowest BCUT2D eigenvalue weighted by molar-refractivity contribution is 0.577. The fourth-order valence-electron chi connectivity index (χ4n) is 1.41. The Kier molecular flexibility index (Phi) is 5.78. The van der Waals surface area contributed by atoms with Gasteiger partial charge in [0.25, 0.3) is 0 Å². The zero-order valence-corrected chi connectivity index (χ0v) is 11.8. The van der Waals surface area contributed by atoms with Crippen molar-refractivity contribution in [2.75, 3.05) is 13.1 Å². The summed E-state index contributed by atoms with van der Waals surface area (Å²) in [5, 5.41) is 3.38. The van der Waals surface area contributed by atoms with Crippen LogP contribution < -0.4 is 5.32 Å². The first-order valence-corrected chi connectivity index (χ1v) is 6.52. The van der Waals surface area contributed by atoms with Gasteiger partial charge in [-0.2, -0.15) is 0 Å². The molecule has 0 saturated carbocycles. The zero-order valence-electron chi connectivity index (χ0n) is 10.3. The van der Waals surface area contributed by atoms with Crippen molar-refractivity contribution in [3.05, 3.63) is 39.9 Å². The van der Waals surface area contributed by atoms with E-state index in [9.17, 15) is 0 Å². The second-order valence-corrected chi connectivity index (χ2v) is 5.33. The molecule has 0 heterocycles. The van der Waals surface area contributed by atoms with Gasteiger partial charge < -0.3 is 5.32 Å². The maximum Gasteiger partial charge on any atom is 0.0250 e. The fraction of sp³-hybridized carbons (Fsp3) is 0.429. The smallest absolute Gasteiger partial charge is 0.0250 e. The molecule has 2 heteroatoms. The van der Waals surface area contributed by atoms with Crippen molar-refractivity contribution in [3.63, 3.8) is 0 Å². The topological polar surface area (TPSA) is 12.0 Å². The average Bonchev–Trinajstić information content (AvgIpc) is 2.20. The Morgan fingerprint density at radius 3 is 2.75 bits per heavy atom. The highest BCUT2D eigenvalue weighted by Crippen LogP contribution is 2.19. The molecule has 0 spiro atoms. The highest BCUT2D eigenvalue weighted by molar-refractivity contribution is 9.10. The van der Waals surface area contributed by atoms with Gasteiger partial charge in [0.1, 0.15) is 0 Å². The van der Waals surface area contributed by atoms with Crippen molar-refractivity contribution in [1.82, 2.24) is 5.32 Å². The van der Waals surface area contributed by atoms with Gasteiger partial charge in [-0.05, 0) is 36.6 Å². The lowest BCUT2D eigenvalue weighted by Gasteiger charge is -2.04. The molecule has 1 rings (SSSR count). The Balaban J connectivity index is 2.44. The molecule has 0 amide bonds. The molecule has 0 aliphatic heterocycles. The van der Waals surface area contributed by atoms with Crippen LogP contribution in [0.3, 0.4) is 0 Å². The van der Waals surface area contributed by atoms with Crippen molar-refractivity contribution >= 4 is 22.0 Å². The zero-order chi connectivity index (χ0) is 12.0. The molecule has 0 unspecified atom stereocenters. The number of benzene rings is 1. The summed E-state index contributed by atoms with van der Waals surface area (Å²) < 4.78 is 1.16. The van der Waals surface area contributed by atoms with Crippen molar-refractivity contribution < 1.29 is 0 Å². The molecule has 1 nitrogen and oxygen atoms in total. The number of hydrogen-bond acceptors (Lipinski definition) is 1. The Morgan fingerprint density at radius 1 is 1.38 bits per heavy atom. The SMILES string of the molecule is Cc1ccc(/C=C/CNCC(C)C)c(Br)c1. The molecule has 1 N–H and O–H groups in total. The van der Waals surface area contributed by atoms with Crippen LogP contribution >= 0.6 is 15.9 Å². The lowest BCUT2D eigenvalue weighted by atomic mass is 10.1. The van der Waals surface area contributed by atoms with Crippen LogP contribution in [0.1, 0.15) is 25.0 Å². The molecule has 0 radical (unpaired) electrons. The van der Waals surface area contributed by atoms with Crippen molar-refractivity contribution in [1.29, 1.82) is 0 Å². The summed E-state index contributed by atoms with van der Waals surface area (Å²) in [6.07, 6.45) is 4.31. The fourth-order valence-corrected chi connectivity index (χ4v) is 2.03. The third-order valence-electron chi connectivity index (χ3n) is 2.27. The van der Waals surface area contributed by atoms with E-state index in [0.717, 1.165) is 17.6 Å². The van der Waals surface area contributed by atoms with Gasteiger partial charge in [0.15, 0.2) is 0 Å². The van der Waals surface area contributed by atoms with Gasteiger partial charge >= 0.3 is 0 Å². The normalized spacial score (nSPS) is 11.6. The number of rotatable bonds is 5. The Hall–Kier alpha value is -0.600. The van der Waals surface area contributed by atoms with E-state index in [2.05, 4.69) is 72.4 Å². The van der Waals surface area contributed by atoms with E-state index in [1.165, 1.54) is 11.1 Å². The van der Waals surface area contributed by atoms with Crippen molar-refractivity contribution in [2.45, 2.75) is 20.8 Å². The van der Waals surface area contributed by atoms with Gasteiger partial charge in [-0.1, -0.05) is 54.1 Å². The Labute approximate surface area is 107 Å². The van der Waals surface area contributed by atoms with Gasteiger partial charge in [-0.25, -0.2) is 0 Å². The molecule has 0 atom stereocenters. The van der Waals surface area contributed by atoms with Crippen LogP contribution in [-0.4, -0.2) is 13.1 Å². The Bertz CT molecular complexity index is 356. The maximum absolute atomic E-state index is 3.57. The minimum Gasteiger partial charge on any atom is -0.313 e.